The van der Waals surface area contributed by atoms with E-state index in [1.807, 2.05) is 87.4 Å². The molecule has 1 N–H and O–H groups in total. The van der Waals surface area contributed by atoms with Gasteiger partial charge in [0, 0.05) is 25.5 Å². The third kappa shape index (κ3) is 5.84. The Morgan fingerprint density at radius 2 is 1.67 bits per heavy atom. The van der Waals surface area contributed by atoms with Gasteiger partial charge in [-0.25, -0.2) is 0 Å². The summed E-state index contributed by atoms with van der Waals surface area (Å²) in [6.07, 6.45) is 0.846. The smallest absolute Gasteiger partial charge is 0.314 e. The maximum Gasteiger partial charge on any atom is 0.314 e. The van der Waals surface area contributed by atoms with Crippen LogP contribution in [-0.2, 0) is 14.3 Å². The van der Waals surface area contributed by atoms with Crippen LogP contribution >= 0.6 is 0 Å². The largest absolute Gasteiger partial charge is 0.455 e. The lowest BCUT2D eigenvalue weighted by molar-refractivity contribution is -0.150. The van der Waals surface area contributed by atoms with Gasteiger partial charge in [0.15, 0.2) is 6.61 Å². The summed E-state index contributed by atoms with van der Waals surface area (Å²) in [6, 6.07) is 17.0. The number of anilines is 2. The molecule has 2 aromatic rings. The molecule has 2 rings (SSSR count). The molecule has 0 aromatic heterocycles. The van der Waals surface area contributed by atoms with Gasteiger partial charge >= 0.3 is 5.97 Å². The first kappa shape index (κ1) is 20.5. The first-order chi connectivity index (χ1) is 12.9. The van der Waals surface area contributed by atoms with Gasteiger partial charge in [-0.05, 0) is 35.7 Å². The molecule has 0 saturated heterocycles. The van der Waals surface area contributed by atoms with Gasteiger partial charge in [0.2, 0.25) is 0 Å². The molecule has 5 heteroatoms. The molecule has 0 saturated carbocycles. The van der Waals surface area contributed by atoms with Crippen LogP contribution in [0.2, 0.25) is 0 Å². The topological polar surface area (TPSA) is 58.6 Å². The number of nitrogens with one attached hydrogen (secondary N) is 1. The Hall–Kier alpha value is -2.82. The van der Waals surface area contributed by atoms with Gasteiger partial charge in [-0.1, -0.05) is 50.6 Å². The van der Waals surface area contributed by atoms with E-state index in [0.29, 0.717) is 5.69 Å². The molecule has 2 atom stereocenters. The number of hydrogen-bond donors (Lipinski definition) is 1. The van der Waals surface area contributed by atoms with E-state index in [1.165, 1.54) is 0 Å². The highest BCUT2D eigenvalue weighted by atomic mass is 16.5. The molecule has 0 spiro atoms. The number of esters is 1. The summed E-state index contributed by atoms with van der Waals surface area (Å²) >= 11 is 0. The standard InChI is InChI=1S/C22H28N2O3/c1-5-16(2)21(17-9-7-6-8-10-17)22(26)27-15-20(25)23-18-11-13-19(14-12-18)24(3)4/h6-14,16,21H,5,15H2,1-4H3,(H,23,25)/t16-,21-/m1/s1. The van der Waals surface area contributed by atoms with E-state index < -0.39 is 0 Å². The van der Waals surface area contributed by atoms with Crippen LogP contribution in [0.25, 0.3) is 0 Å². The van der Waals surface area contributed by atoms with Gasteiger partial charge in [0.1, 0.15) is 0 Å². The van der Waals surface area contributed by atoms with Crippen LogP contribution < -0.4 is 10.2 Å². The average Bonchev–Trinajstić information content (AvgIpc) is 2.67. The van der Waals surface area contributed by atoms with E-state index in [0.717, 1.165) is 17.7 Å². The Morgan fingerprint density at radius 1 is 1.04 bits per heavy atom. The molecular formula is C22H28N2O3. The molecule has 5 nitrogen and oxygen atoms in total. The minimum atomic E-state index is -0.372. The van der Waals surface area contributed by atoms with E-state index in [1.54, 1.807) is 0 Å². The number of nitrogens with zero attached hydrogens (tertiary/aromatic N) is 1. The van der Waals surface area contributed by atoms with Crippen molar-refractivity contribution in [3.05, 3.63) is 60.2 Å². The normalized spacial score (nSPS) is 12.7. The summed E-state index contributed by atoms with van der Waals surface area (Å²) in [6.45, 7) is 3.76. The van der Waals surface area contributed by atoms with Gasteiger partial charge in [0.05, 0.1) is 5.92 Å². The summed E-state index contributed by atoms with van der Waals surface area (Å²) in [5.41, 5.74) is 2.62. The molecule has 0 aliphatic carbocycles. The lowest BCUT2D eigenvalue weighted by Gasteiger charge is -2.21. The average molecular weight is 368 g/mol. The Bertz CT molecular complexity index is 742. The maximum absolute atomic E-state index is 12.6. The number of ether oxygens (including phenoxy) is 1. The van der Waals surface area contributed by atoms with Crippen LogP contribution in [0, 0.1) is 5.92 Å². The van der Waals surface area contributed by atoms with Crippen molar-refractivity contribution in [2.45, 2.75) is 26.2 Å². The quantitative estimate of drug-likeness (QED) is 0.714. The van der Waals surface area contributed by atoms with Crippen molar-refractivity contribution in [3.8, 4) is 0 Å². The van der Waals surface area contributed by atoms with E-state index in [4.69, 9.17) is 4.74 Å². The van der Waals surface area contributed by atoms with Crippen LogP contribution in [0.3, 0.4) is 0 Å². The van der Waals surface area contributed by atoms with Gasteiger partial charge < -0.3 is 15.0 Å². The van der Waals surface area contributed by atoms with Gasteiger partial charge in [0.25, 0.3) is 5.91 Å². The fraction of sp³-hybridized carbons (Fsp3) is 0.364. The van der Waals surface area contributed by atoms with E-state index >= 15 is 0 Å². The van der Waals surface area contributed by atoms with Crippen molar-refractivity contribution < 1.29 is 14.3 Å². The van der Waals surface area contributed by atoms with Crippen LogP contribution in [0.15, 0.2) is 54.6 Å². The molecule has 27 heavy (non-hydrogen) atoms. The lowest BCUT2D eigenvalue weighted by Crippen LogP contribution is -2.26. The predicted molar refractivity (Wildman–Crippen MR) is 109 cm³/mol. The zero-order valence-electron chi connectivity index (χ0n) is 16.4. The Balaban J connectivity index is 1.95. The summed E-state index contributed by atoms with van der Waals surface area (Å²) < 4.78 is 5.32. The van der Waals surface area contributed by atoms with E-state index in [9.17, 15) is 9.59 Å². The monoisotopic (exact) mass is 368 g/mol. The Labute approximate surface area is 161 Å². The third-order valence-corrected chi connectivity index (χ3v) is 4.64. The molecule has 0 aliphatic heterocycles. The summed E-state index contributed by atoms with van der Waals surface area (Å²) in [5.74, 6) is -0.963. The molecule has 1 amide bonds. The number of benzene rings is 2. The highest BCUT2D eigenvalue weighted by Crippen LogP contribution is 2.28. The minimum absolute atomic E-state index is 0.126. The van der Waals surface area contributed by atoms with Crippen molar-refractivity contribution in [1.29, 1.82) is 0 Å². The number of carbonyl (C=O) groups is 2. The lowest BCUT2D eigenvalue weighted by atomic mass is 9.86. The van der Waals surface area contributed by atoms with E-state index in [2.05, 4.69) is 5.32 Å². The molecule has 0 unspecified atom stereocenters. The number of rotatable bonds is 8. The summed E-state index contributed by atoms with van der Waals surface area (Å²) in [5, 5.41) is 2.75. The Morgan fingerprint density at radius 3 is 2.22 bits per heavy atom. The third-order valence-electron chi connectivity index (χ3n) is 4.64. The zero-order valence-corrected chi connectivity index (χ0v) is 16.4. The number of amides is 1. The molecule has 0 heterocycles. The van der Waals surface area contributed by atoms with Gasteiger partial charge in [-0.15, -0.1) is 0 Å². The second-order valence-electron chi connectivity index (χ2n) is 6.87. The first-order valence-corrected chi connectivity index (χ1v) is 9.21. The summed E-state index contributed by atoms with van der Waals surface area (Å²) in [7, 11) is 3.90. The first-order valence-electron chi connectivity index (χ1n) is 9.21. The molecular weight excluding hydrogens is 340 g/mol. The van der Waals surface area contributed by atoms with Crippen molar-refractivity contribution >= 4 is 23.3 Å². The highest BCUT2D eigenvalue weighted by Gasteiger charge is 2.27. The zero-order chi connectivity index (χ0) is 19.8. The van der Waals surface area contributed by atoms with Crippen LogP contribution in [0.1, 0.15) is 31.7 Å². The second kappa shape index (κ2) is 9.76. The maximum atomic E-state index is 12.6. The van der Waals surface area contributed by atoms with Crippen molar-refractivity contribution in [2.24, 2.45) is 5.92 Å². The number of hydrogen-bond acceptors (Lipinski definition) is 4. The van der Waals surface area contributed by atoms with Crippen molar-refractivity contribution in [3.63, 3.8) is 0 Å². The highest BCUT2D eigenvalue weighted by molar-refractivity contribution is 5.93. The second-order valence-corrected chi connectivity index (χ2v) is 6.87. The predicted octanol–water partition coefficient (Wildman–Crippen LogP) is 4.06. The van der Waals surface area contributed by atoms with Crippen LogP contribution in [0.4, 0.5) is 11.4 Å². The van der Waals surface area contributed by atoms with E-state index in [-0.39, 0.29) is 30.3 Å². The Kier molecular flexibility index (Phi) is 7.41. The number of carbonyl (C=O) groups excluding carboxylic acids is 2. The molecule has 144 valence electrons. The molecule has 0 bridgehead atoms. The SMILES string of the molecule is CC[C@@H](C)[C@@H](C(=O)OCC(=O)Nc1ccc(N(C)C)cc1)c1ccccc1. The fourth-order valence-electron chi connectivity index (χ4n) is 2.86. The van der Waals surface area contributed by atoms with Crippen molar-refractivity contribution in [1.82, 2.24) is 0 Å². The fourth-order valence-corrected chi connectivity index (χ4v) is 2.86. The van der Waals surface area contributed by atoms with Crippen LogP contribution in [0.5, 0.6) is 0 Å². The van der Waals surface area contributed by atoms with Gasteiger partial charge in [-0.2, -0.15) is 0 Å². The van der Waals surface area contributed by atoms with Crippen molar-refractivity contribution in [2.75, 3.05) is 30.9 Å². The molecule has 0 fully saturated rings. The molecule has 2 aromatic carbocycles. The molecule has 0 aliphatic rings. The van der Waals surface area contributed by atoms with Gasteiger partial charge in [-0.3, -0.25) is 9.59 Å². The molecule has 0 radical (unpaired) electrons. The van der Waals surface area contributed by atoms with Crippen LogP contribution in [-0.4, -0.2) is 32.6 Å². The minimum Gasteiger partial charge on any atom is -0.455 e. The summed E-state index contributed by atoms with van der Waals surface area (Å²) in [4.78, 5) is 26.7.